The Balaban J connectivity index is 0.000000264. The van der Waals surface area contributed by atoms with Gasteiger partial charge < -0.3 is 11.5 Å². The van der Waals surface area contributed by atoms with E-state index >= 15 is 0 Å². The summed E-state index contributed by atoms with van der Waals surface area (Å²) in [4.78, 5) is 9.22. The van der Waals surface area contributed by atoms with E-state index in [-0.39, 0.29) is 5.91 Å². The first-order valence-electron chi connectivity index (χ1n) is 11.5. The summed E-state index contributed by atoms with van der Waals surface area (Å²) in [6.45, 7) is 4.36. The minimum absolute atomic E-state index is 0.333. The van der Waals surface area contributed by atoms with E-state index in [0.29, 0.717) is 5.75 Å². The quantitative estimate of drug-likeness (QED) is 0.521. The second kappa shape index (κ2) is 14.8. The zero-order valence-corrected chi connectivity index (χ0v) is 20.1. The summed E-state index contributed by atoms with van der Waals surface area (Å²) in [5.41, 5.74) is 14.0. The second-order valence-electron chi connectivity index (χ2n) is 8.39. The number of unbranched alkanes of at least 4 members (excludes halogenated alkanes) is 1. The van der Waals surface area contributed by atoms with Crippen LogP contribution in [0.1, 0.15) is 81.9 Å². The minimum Gasteiger partial charge on any atom is -0.370 e. The average molecular weight is 441 g/mol. The molecule has 5 nitrogen and oxygen atoms in total. The van der Waals surface area contributed by atoms with Crippen molar-refractivity contribution in [3.63, 3.8) is 0 Å². The molecule has 5 N–H and O–H groups in total. The zero-order chi connectivity index (χ0) is 22.4. The zero-order valence-electron chi connectivity index (χ0n) is 19.3. The number of primary amides is 1. The molecule has 1 amide bonds. The Morgan fingerprint density at radius 1 is 1.20 bits per heavy atom. The fourth-order valence-electron chi connectivity index (χ4n) is 4.05. The van der Waals surface area contributed by atoms with Crippen LogP contribution in [0.3, 0.4) is 0 Å². The van der Waals surface area contributed by atoms with Gasteiger partial charge in [0, 0.05) is 12.7 Å². The maximum Gasteiger partial charge on any atom is 0.214 e. The summed E-state index contributed by atoms with van der Waals surface area (Å²) in [5, 5.41) is 0. The van der Waals surface area contributed by atoms with E-state index in [1.165, 1.54) is 75.0 Å². The highest BCUT2D eigenvalue weighted by Gasteiger charge is 2.23. The van der Waals surface area contributed by atoms with Crippen molar-refractivity contribution in [2.24, 2.45) is 17.4 Å². The third-order valence-electron chi connectivity index (χ3n) is 5.85. The smallest absolute Gasteiger partial charge is 0.214 e. The number of amides is 1. The van der Waals surface area contributed by atoms with Gasteiger partial charge in [0.25, 0.3) is 0 Å². The summed E-state index contributed by atoms with van der Waals surface area (Å²) in [5.74, 6) is 2.20. The highest BCUT2D eigenvalue weighted by atomic mass is 32.3. The van der Waals surface area contributed by atoms with Crippen LogP contribution >= 0.6 is 10.6 Å². The topological polar surface area (TPSA) is 98.6 Å². The van der Waals surface area contributed by atoms with Gasteiger partial charge in [-0.25, -0.2) is 0 Å². The van der Waals surface area contributed by atoms with Gasteiger partial charge in [-0.2, -0.15) is 10.6 Å². The molecule has 1 saturated carbocycles. The molecule has 6 heteroatoms. The predicted molar refractivity (Wildman–Crippen MR) is 130 cm³/mol. The van der Waals surface area contributed by atoms with Crippen LogP contribution in [-0.4, -0.2) is 29.9 Å². The van der Waals surface area contributed by atoms with Crippen molar-refractivity contribution in [2.75, 3.05) is 19.4 Å². The van der Waals surface area contributed by atoms with Crippen LogP contribution in [0, 0.1) is 5.92 Å². The van der Waals surface area contributed by atoms with E-state index in [2.05, 4.69) is 30.9 Å². The van der Waals surface area contributed by atoms with Crippen molar-refractivity contribution in [1.29, 1.82) is 0 Å². The third kappa shape index (κ3) is 10.8. The Hall–Kier alpha value is -1.08. The van der Waals surface area contributed by atoms with Crippen LogP contribution in [-0.2, 0) is 27.6 Å². The number of rotatable bonds is 6. The summed E-state index contributed by atoms with van der Waals surface area (Å²) >= 11 is 0. The summed E-state index contributed by atoms with van der Waals surface area (Å²) in [7, 11) is -0.199. The molecule has 1 heterocycles. The molecule has 174 valence electrons. The van der Waals surface area contributed by atoms with Crippen molar-refractivity contribution in [1.82, 2.24) is 0 Å². The Labute approximate surface area is 185 Å². The Bertz CT molecular complexity index is 616. The predicted octanol–water partition coefficient (Wildman–Crippen LogP) is 5.33. The van der Waals surface area contributed by atoms with Gasteiger partial charge >= 0.3 is 0 Å². The van der Waals surface area contributed by atoms with Gasteiger partial charge in [-0.05, 0) is 48.4 Å². The first-order valence-corrected chi connectivity index (χ1v) is 13.3. The van der Waals surface area contributed by atoms with Crippen LogP contribution in [0.15, 0.2) is 18.2 Å². The molecule has 0 spiro atoms. The molecular weight excluding hydrogens is 396 g/mol. The van der Waals surface area contributed by atoms with E-state index < -0.39 is 10.6 Å². The summed E-state index contributed by atoms with van der Waals surface area (Å²) in [6.07, 6.45) is 13.5. The molecule has 0 aromatic heterocycles. The van der Waals surface area contributed by atoms with Crippen LogP contribution in [0.4, 0.5) is 0 Å². The number of fused-ring (bicyclic) bond motifs is 1. The minimum atomic E-state index is -1.81. The maximum absolute atomic E-state index is 10.1. The van der Waals surface area contributed by atoms with Crippen LogP contribution < -0.4 is 11.5 Å². The second-order valence-corrected chi connectivity index (χ2v) is 11.0. The Morgan fingerprint density at radius 2 is 1.87 bits per heavy atom. The lowest BCUT2D eigenvalue weighted by atomic mass is 9.86. The van der Waals surface area contributed by atoms with Gasteiger partial charge in [-0.3, -0.25) is 13.5 Å². The lowest BCUT2D eigenvalue weighted by molar-refractivity contribution is -0.115. The van der Waals surface area contributed by atoms with Gasteiger partial charge in [-0.1, -0.05) is 70.1 Å². The Morgan fingerprint density at radius 3 is 2.43 bits per heavy atom. The fraction of sp³-hybridized carbons (Fsp3) is 0.708. The van der Waals surface area contributed by atoms with Gasteiger partial charge in [-0.15, -0.1) is 0 Å². The standard InChI is InChI=1S/C12H18O2S.C10H21N.C2H5NO/c1-3-10-4-5-12-9-15(13,14-2)7-6-11(12)8-10;11-9-5-4-8-10-6-2-1-3-7-10;1-2(3)4/h4-5,8,13H,3,6-7,9H2,1-2H3;10H,1-9,11H2;1H3,(H2,3,4). The normalized spacial score (nSPS) is 23.0. The summed E-state index contributed by atoms with van der Waals surface area (Å²) in [6, 6.07) is 6.56. The lowest BCUT2D eigenvalue weighted by Gasteiger charge is -2.40. The summed E-state index contributed by atoms with van der Waals surface area (Å²) < 4.78 is 15.3. The lowest BCUT2D eigenvalue weighted by Crippen LogP contribution is -2.18. The van der Waals surface area contributed by atoms with Crippen molar-refractivity contribution >= 4 is 16.5 Å². The highest BCUT2D eigenvalue weighted by Crippen LogP contribution is 2.51. The van der Waals surface area contributed by atoms with Crippen molar-refractivity contribution in [3.8, 4) is 0 Å². The van der Waals surface area contributed by atoms with Crippen molar-refractivity contribution in [3.05, 3.63) is 34.9 Å². The number of benzene rings is 1. The van der Waals surface area contributed by atoms with Crippen LogP contribution in [0.2, 0.25) is 0 Å². The van der Waals surface area contributed by atoms with Crippen molar-refractivity contribution in [2.45, 2.75) is 83.8 Å². The highest BCUT2D eigenvalue weighted by molar-refractivity contribution is 8.24. The molecular formula is C24H44N2O3S. The molecule has 1 atom stereocenters. The van der Waals surface area contributed by atoms with Gasteiger partial charge in [0.05, 0.1) is 12.9 Å². The van der Waals surface area contributed by atoms with E-state index in [0.717, 1.165) is 31.1 Å². The molecule has 0 bridgehead atoms. The van der Waals surface area contributed by atoms with Crippen LogP contribution in [0.5, 0.6) is 0 Å². The number of hydrogen-bond donors (Lipinski definition) is 3. The Kier molecular flexibility index (Phi) is 13.3. The largest absolute Gasteiger partial charge is 0.370 e. The molecule has 1 unspecified atom stereocenters. The average Bonchev–Trinajstić information content (AvgIpc) is 2.74. The van der Waals surface area contributed by atoms with E-state index in [9.17, 15) is 9.35 Å². The molecule has 1 aliphatic carbocycles. The SMILES string of the molecule is CC(N)=O.CCc1ccc2c(c1)CCS(O)(OC)C2.NCCCCC1CCCCC1. The molecule has 1 aromatic carbocycles. The monoisotopic (exact) mass is 440 g/mol. The first kappa shape index (κ1) is 27.0. The molecule has 1 aliphatic heterocycles. The van der Waals surface area contributed by atoms with Crippen molar-refractivity contribution < 1.29 is 13.5 Å². The number of aryl methyl sites for hydroxylation is 2. The first-order chi connectivity index (χ1) is 14.3. The van der Waals surface area contributed by atoms with Gasteiger partial charge in [0.1, 0.15) is 0 Å². The maximum atomic E-state index is 10.1. The molecule has 1 aromatic rings. The molecule has 0 radical (unpaired) electrons. The number of nitrogens with two attached hydrogens (primary N) is 2. The fourth-order valence-corrected chi connectivity index (χ4v) is 5.79. The molecule has 30 heavy (non-hydrogen) atoms. The van der Waals surface area contributed by atoms with E-state index in [4.69, 9.17) is 9.92 Å². The molecule has 3 rings (SSSR count). The van der Waals surface area contributed by atoms with E-state index in [1.807, 2.05) is 0 Å². The van der Waals surface area contributed by atoms with E-state index in [1.54, 1.807) is 7.11 Å². The van der Waals surface area contributed by atoms with Gasteiger partial charge in [0.2, 0.25) is 5.91 Å². The van der Waals surface area contributed by atoms with Crippen LogP contribution in [0.25, 0.3) is 0 Å². The number of carbonyl (C=O) groups is 1. The molecule has 0 saturated heterocycles. The van der Waals surface area contributed by atoms with Gasteiger partial charge in [0.15, 0.2) is 0 Å². The molecule has 2 aliphatic rings. The molecule has 1 fully saturated rings. The number of carbonyl (C=O) groups excluding carboxylic acids is 1. The third-order valence-corrected chi connectivity index (χ3v) is 8.08. The number of hydrogen-bond acceptors (Lipinski definition) is 4.